The molecule has 0 aromatic carbocycles. The van der Waals surface area contributed by atoms with Gasteiger partial charge in [0.15, 0.2) is 5.78 Å². The van der Waals surface area contributed by atoms with Gasteiger partial charge in [0.05, 0.1) is 18.3 Å². The highest BCUT2D eigenvalue weighted by Gasteiger charge is 2.65. The molecular weight excluding hydrogens is 404 g/mol. The lowest BCUT2D eigenvalue weighted by atomic mass is 9.43. The Morgan fingerprint density at radius 2 is 1.72 bits per heavy atom. The van der Waals surface area contributed by atoms with Gasteiger partial charge in [0.25, 0.3) is 0 Å². The maximum atomic E-state index is 12.3. The molecule has 4 saturated carbocycles. The second kappa shape index (κ2) is 8.32. The summed E-state index contributed by atoms with van der Waals surface area (Å²) in [5, 5.41) is 43.2. The number of ketones is 1. The van der Waals surface area contributed by atoms with Crippen LogP contribution in [0.3, 0.4) is 0 Å². The van der Waals surface area contributed by atoms with E-state index in [1.165, 1.54) is 0 Å². The summed E-state index contributed by atoms with van der Waals surface area (Å²) in [6.45, 7) is 9.92. The van der Waals surface area contributed by atoms with Crippen molar-refractivity contribution in [3.63, 3.8) is 0 Å². The number of fused-ring (bicyclic) bond motifs is 5. The fraction of sp³-hybridized carbons (Fsp3) is 0.963. The predicted octanol–water partition coefficient (Wildman–Crippen LogP) is 3.70. The predicted molar refractivity (Wildman–Crippen MR) is 124 cm³/mol. The number of carbonyl (C=O) groups is 1. The lowest BCUT2D eigenvalue weighted by Gasteiger charge is -2.63. The van der Waals surface area contributed by atoms with Gasteiger partial charge in [0.1, 0.15) is 5.60 Å². The summed E-state index contributed by atoms with van der Waals surface area (Å²) >= 11 is 0. The first-order valence-electron chi connectivity index (χ1n) is 13.1. The molecule has 5 nitrogen and oxygen atoms in total. The van der Waals surface area contributed by atoms with E-state index in [2.05, 4.69) is 20.8 Å². The molecule has 0 amide bonds. The van der Waals surface area contributed by atoms with Crippen LogP contribution in [-0.2, 0) is 4.79 Å². The maximum absolute atomic E-state index is 12.3. The summed E-state index contributed by atoms with van der Waals surface area (Å²) in [6, 6.07) is 0. The first kappa shape index (κ1) is 24.6. The fourth-order valence-electron chi connectivity index (χ4n) is 9.00. The van der Waals surface area contributed by atoms with Crippen LogP contribution in [0.5, 0.6) is 0 Å². The van der Waals surface area contributed by atoms with Crippen molar-refractivity contribution in [1.82, 2.24) is 0 Å². The Morgan fingerprint density at radius 1 is 1.03 bits per heavy atom. The van der Waals surface area contributed by atoms with E-state index in [-0.39, 0.29) is 40.7 Å². The van der Waals surface area contributed by atoms with Gasteiger partial charge < -0.3 is 20.4 Å². The van der Waals surface area contributed by atoms with Crippen LogP contribution >= 0.6 is 0 Å². The van der Waals surface area contributed by atoms with Gasteiger partial charge in [-0.15, -0.1) is 0 Å². The summed E-state index contributed by atoms with van der Waals surface area (Å²) in [4.78, 5) is 12.3. The standard InChI is InChI=1S/C27H46O5/c1-15(6-9-22(30)25(2,3)32)18-7-8-19-24-20(14-23(31)27(18,19)5)26(4)11-10-17(28)12-16(26)13-21(24)29/h15-21,23-24,28-29,31-32H,6-14H2,1-5H3/t15-,16+,17-,18-,19+,20+,21-,23+,24?,26+,27-/m1/s1. The molecule has 0 bridgehead atoms. The van der Waals surface area contributed by atoms with Crippen LogP contribution in [0, 0.1) is 46.3 Å². The van der Waals surface area contributed by atoms with Gasteiger partial charge in [0.2, 0.25) is 0 Å². The minimum Gasteiger partial charge on any atom is -0.393 e. The third kappa shape index (κ3) is 3.79. The summed E-state index contributed by atoms with van der Waals surface area (Å²) in [6.07, 6.45) is 6.28. The van der Waals surface area contributed by atoms with Crippen LogP contribution in [0.25, 0.3) is 0 Å². The van der Waals surface area contributed by atoms with E-state index in [0.717, 1.165) is 51.4 Å². The van der Waals surface area contributed by atoms with Crippen LogP contribution in [0.15, 0.2) is 0 Å². The Balaban J connectivity index is 1.55. The van der Waals surface area contributed by atoms with Crippen molar-refractivity contribution in [2.75, 3.05) is 0 Å². The highest BCUT2D eigenvalue weighted by molar-refractivity contribution is 5.86. The van der Waals surface area contributed by atoms with Crippen LogP contribution in [0.1, 0.15) is 92.4 Å². The molecule has 4 aliphatic rings. The summed E-state index contributed by atoms with van der Waals surface area (Å²) in [7, 11) is 0. The first-order chi connectivity index (χ1) is 14.8. The third-order valence-corrected chi connectivity index (χ3v) is 11.0. The third-order valence-electron chi connectivity index (χ3n) is 11.0. The number of carbonyl (C=O) groups excluding carboxylic acids is 1. The van der Waals surface area contributed by atoms with Crippen LogP contribution < -0.4 is 0 Å². The summed E-state index contributed by atoms with van der Waals surface area (Å²) < 4.78 is 0. The van der Waals surface area contributed by atoms with Gasteiger partial charge in [0, 0.05) is 6.42 Å². The lowest BCUT2D eigenvalue weighted by molar-refractivity contribution is -0.207. The first-order valence-corrected chi connectivity index (χ1v) is 13.1. The monoisotopic (exact) mass is 450 g/mol. The van der Waals surface area contributed by atoms with Gasteiger partial charge in [-0.05, 0) is 112 Å². The normalized spacial score (nSPS) is 49.7. The Hall–Kier alpha value is -0.490. The molecule has 11 atom stereocenters. The second-order valence-corrected chi connectivity index (χ2v) is 13.0. The van der Waals surface area contributed by atoms with E-state index >= 15 is 0 Å². The number of Topliss-reactive ketones (excluding diaryl/α,β-unsaturated/α-hetero) is 1. The van der Waals surface area contributed by atoms with Crippen molar-refractivity contribution in [3.8, 4) is 0 Å². The molecule has 1 unspecified atom stereocenters. The molecular formula is C27H46O5. The van der Waals surface area contributed by atoms with Gasteiger partial charge in [-0.2, -0.15) is 0 Å². The van der Waals surface area contributed by atoms with Crippen molar-refractivity contribution in [2.24, 2.45) is 46.3 Å². The SMILES string of the molecule is C[C@H](CCC(=O)C(C)(C)O)[C@H]1CC[C@H]2C3[C@H](O)C[C@@H]4C[C@H](O)CC[C@]4(C)[C@H]3C[C@H](O)[C@]12C. The van der Waals surface area contributed by atoms with Gasteiger partial charge in [-0.1, -0.05) is 20.8 Å². The van der Waals surface area contributed by atoms with E-state index in [0.29, 0.717) is 30.1 Å². The molecule has 0 saturated heterocycles. The Bertz CT molecular complexity index is 715. The zero-order chi connectivity index (χ0) is 23.6. The Labute approximate surface area is 194 Å². The highest BCUT2D eigenvalue weighted by atomic mass is 16.3. The molecule has 0 spiro atoms. The molecule has 0 aromatic rings. The average Bonchev–Trinajstić information content (AvgIpc) is 3.06. The molecule has 0 radical (unpaired) electrons. The number of aliphatic hydroxyl groups is 4. The molecule has 4 N–H and O–H groups in total. The maximum Gasteiger partial charge on any atom is 0.163 e. The smallest absolute Gasteiger partial charge is 0.163 e. The van der Waals surface area contributed by atoms with E-state index in [1.807, 2.05) is 0 Å². The topological polar surface area (TPSA) is 98.0 Å². The Kier molecular flexibility index (Phi) is 6.40. The second-order valence-electron chi connectivity index (χ2n) is 13.0. The zero-order valence-corrected chi connectivity index (χ0v) is 20.8. The van der Waals surface area contributed by atoms with Crippen LogP contribution in [-0.4, -0.2) is 50.1 Å². The number of rotatable bonds is 5. The van der Waals surface area contributed by atoms with Crippen molar-refractivity contribution in [3.05, 3.63) is 0 Å². The summed E-state index contributed by atoms with van der Waals surface area (Å²) in [5.74, 6) is 1.66. The molecule has 0 heterocycles. The van der Waals surface area contributed by atoms with Gasteiger partial charge in [-0.3, -0.25) is 4.79 Å². The van der Waals surface area contributed by atoms with Crippen molar-refractivity contribution >= 4 is 5.78 Å². The average molecular weight is 451 g/mol. The number of hydrogen-bond acceptors (Lipinski definition) is 5. The molecule has 32 heavy (non-hydrogen) atoms. The van der Waals surface area contributed by atoms with E-state index in [1.54, 1.807) is 13.8 Å². The van der Waals surface area contributed by atoms with E-state index in [9.17, 15) is 25.2 Å². The van der Waals surface area contributed by atoms with Crippen LogP contribution in [0.2, 0.25) is 0 Å². The van der Waals surface area contributed by atoms with Crippen molar-refractivity contribution in [2.45, 2.75) is 116 Å². The van der Waals surface area contributed by atoms with E-state index in [4.69, 9.17) is 0 Å². The highest BCUT2D eigenvalue weighted by Crippen LogP contribution is 2.68. The number of aliphatic hydroxyl groups excluding tert-OH is 3. The molecule has 4 fully saturated rings. The molecule has 0 aliphatic heterocycles. The molecule has 4 rings (SSSR count). The minimum atomic E-state index is -1.29. The number of hydrogen-bond donors (Lipinski definition) is 4. The molecule has 4 aliphatic carbocycles. The van der Waals surface area contributed by atoms with Crippen molar-refractivity contribution < 1.29 is 25.2 Å². The van der Waals surface area contributed by atoms with Gasteiger partial charge in [-0.25, -0.2) is 0 Å². The quantitative estimate of drug-likeness (QED) is 0.512. The molecule has 184 valence electrons. The van der Waals surface area contributed by atoms with E-state index < -0.39 is 11.7 Å². The zero-order valence-electron chi connectivity index (χ0n) is 20.8. The molecule has 5 heteroatoms. The molecule has 0 aromatic heterocycles. The minimum absolute atomic E-state index is 0.0915. The Morgan fingerprint density at radius 3 is 2.38 bits per heavy atom. The van der Waals surface area contributed by atoms with Crippen molar-refractivity contribution in [1.29, 1.82) is 0 Å². The fourth-order valence-corrected chi connectivity index (χ4v) is 9.00. The summed E-state index contributed by atoms with van der Waals surface area (Å²) in [5.41, 5.74) is -1.43. The van der Waals surface area contributed by atoms with Gasteiger partial charge >= 0.3 is 0 Å². The largest absolute Gasteiger partial charge is 0.393 e. The van der Waals surface area contributed by atoms with Crippen LogP contribution in [0.4, 0.5) is 0 Å². The lowest BCUT2D eigenvalue weighted by Crippen LogP contribution is -2.62.